The minimum Gasteiger partial charge on any atom is -0.473 e. The van der Waals surface area contributed by atoms with E-state index in [1.54, 1.807) is 0 Å². The fraction of sp³-hybridized carbons (Fsp3) is 0.350. The summed E-state index contributed by atoms with van der Waals surface area (Å²) in [6.45, 7) is 3.33. The predicted molar refractivity (Wildman–Crippen MR) is 105 cm³/mol. The highest BCUT2D eigenvalue weighted by molar-refractivity contribution is 6.27. The molecule has 0 bridgehead atoms. The van der Waals surface area contributed by atoms with Crippen LogP contribution in [0.5, 0.6) is 0 Å². The molecule has 1 aliphatic heterocycles. The summed E-state index contributed by atoms with van der Waals surface area (Å²) >= 11 is 0. The van der Waals surface area contributed by atoms with Crippen LogP contribution in [0.25, 0.3) is 0 Å². The third-order valence-electron chi connectivity index (χ3n) is 4.57. The molecule has 1 atom stereocenters. The zero-order valence-electron chi connectivity index (χ0n) is 16.4. The second kappa shape index (κ2) is 10.7. The molecule has 1 aromatic carbocycles. The number of anilines is 1. The van der Waals surface area contributed by atoms with Gasteiger partial charge >= 0.3 is 18.1 Å². The van der Waals surface area contributed by atoms with Crippen molar-refractivity contribution in [2.75, 3.05) is 37.6 Å². The predicted octanol–water partition coefficient (Wildman–Crippen LogP) is 2.11. The van der Waals surface area contributed by atoms with E-state index < -0.39 is 29.8 Å². The maximum atomic E-state index is 12.6. The fourth-order valence-electron chi connectivity index (χ4n) is 2.93. The van der Waals surface area contributed by atoms with Gasteiger partial charge in [-0.05, 0) is 17.7 Å². The Labute approximate surface area is 176 Å². The number of nitrogens with zero attached hydrogens (tertiary/aromatic N) is 3. The van der Waals surface area contributed by atoms with Crippen LogP contribution in [-0.2, 0) is 15.8 Å². The van der Waals surface area contributed by atoms with Gasteiger partial charge in [0.15, 0.2) is 0 Å². The molecule has 2 heterocycles. The molecule has 1 fully saturated rings. The Hall–Kier alpha value is -3.18. The maximum absolute atomic E-state index is 12.6. The second-order valence-electron chi connectivity index (χ2n) is 6.73. The zero-order chi connectivity index (χ0) is 23.0. The molecule has 2 aromatic rings. The lowest BCUT2D eigenvalue weighted by molar-refractivity contribution is -0.159. The normalized spacial score (nSPS) is 15.5. The molecule has 0 aliphatic carbocycles. The topological polar surface area (TPSA) is 114 Å². The number of carbonyl (C=O) groups is 2. The van der Waals surface area contributed by atoms with Crippen LogP contribution in [0.1, 0.15) is 17.2 Å². The molecule has 1 unspecified atom stereocenters. The summed E-state index contributed by atoms with van der Waals surface area (Å²) in [4.78, 5) is 26.3. The number of aromatic nitrogens is 1. The van der Waals surface area contributed by atoms with Gasteiger partial charge in [-0.15, -0.1) is 0 Å². The number of aliphatic hydroxyl groups excluding tert-OH is 1. The van der Waals surface area contributed by atoms with E-state index >= 15 is 0 Å². The van der Waals surface area contributed by atoms with Crippen LogP contribution in [0.15, 0.2) is 48.7 Å². The van der Waals surface area contributed by atoms with Crippen LogP contribution in [0.4, 0.5) is 19.0 Å². The van der Waals surface area contributed by atoms with E-state index in [1.807, 2.05) is 35.2 Å². The first kappa shape index (κ1) is 24.1. The van der Waals surface area contributed by atoms with Crippen LogP contribution >= 0.6 is 0 Å². The molecule has 168 valence electrons. The molecule has 1 saturated heterocycles. The molecule has 0 radical (unpaired) electrons. The zero-order valence-corrected chi connectivity index (χ0v) is 16.4. The number of hydrogen-bond donors (Lipinski definition) is 3. The molecule has 0 saturated carbocycles. The number of aliphatic carboxylic acids is 2. The maximum Gasteiger partial charge on any atom is 0.417 e. The Morgan fingerprint density at radius 3 is 2.00 bits per heavy atom. The lowest BCUT2D eigenvalue weighted by Gasteiger charge is -2.36. The van der Waals surface area contributed by atoms with Crippen molar-refractivity contribution in [3.8, 4) is 0 Å². The molecule has 0 amide bonds. The highest BCUT2D eigenvalue weighted by Gasteiger charge is 2.31. The van der Waals surface area contributed by atoms with Crippen LogP contribution in [0, 0.1) is 0 Å². The Morgan fingerprint density at radius 1 is 0.968 bits per heavy atom. The summed E-state index contributed by atoms with van der Waals surface area (Å²) in [5.41, 5.74) is 0.148. The Kier molecular flexibility index (Phi) is 8.34. The number of aliphatic hydroxyl groups is 1. The number of pyridine rings is 1. The number of alkyl halides is 3. The summed E-state index contributed by atoms with van der Waals surface area (Å²) in [6.07, 6.45) is -4.03. The third kappa shape index (κ3) is 7.54. The minimum absolute atomic E-state index is 0.540. The van der Waals surface area contributed by atoms with Crippen LogP contribution < -0.4 is 4.90 Å². The molecule has 8 nitrogen and oxygen atoms in total. The Bertz CT molecular complexity index is 843. The van der Waals surface area contributed by atoms with Gasteiger partial charge in [0.25, 0.3) is 0 Å². The quantitative estimate of drug-likeness (QED) is 0.619. The molecule has 3 N–H and O–H groups in total. The SMILES string of the molecule is O=C(O)C(=O)O.OC(CN1CCN(c2ccc(C(F)(F)F)cn2)CC1)c1ccccc1. The van der Waals surface area contributed by atoms with Crippen molar-refractivity contribution in [3.05, 3.63) is 59.8 Å². The lowest BCUT2D eigenvalue weighted by Crippen LogP contribution is -2.47. The summed E-state index contributed by atoms with van der Waals surface area (Å²) in [7, 11) is 0. The first-order valence-electron chi connectivity index (χ1n) is 9.27. The third-order valence-corrected chi connectivity index (χ3v) is 4.57. The molecular formula is C20H22F3N3O5. The van der Waals surface area contributed by atoms with Crippen LogP contribution in [-0.4, -0.2) is 69.9 Å². The van der Waals surface area contributed by atoms with Gasteiger partial charge in [0.05, 0.1) is 11.7 Å². The first-order valence-corrected chi connectivity index (χ1v) is 9.27. The van der Waals surface area contributed by atoms with Gasteiger partial charge in [-0.1, -0.05) is 30.3 Å². The number of rotatable bonds is 4. The van der Waals surface area contributed by atoms with Crippen molar-refractivity contribution in [2.24, 2.45) is 0 Å². The Balaban J connectivity index is 0.000000501. The van der Waals surface area contributed by atoms with Gasteiger partial charge in [0, 0.05) is 38.9 Å². The van der Waals surface area contributed by atoms with E-state index in [1.165, 1.54) is 6.07 Å². The standard InChI is InChI=1S/C18H20F3N3O.C2H2O4/c19-18(20,21)15-6-7-17(22-12-15)24-10-8-23(9-11-24)13-16(25)14-4-2-1-3-5-14;3-1(4)2(5)6/h1-7,12,16,25H,8-11,13H2;(H,3,4)(H,5,6). The monoisotopic (exact) mass is 441 g/mol. The molecular weight excluding hydrogens is 419 g/mol. The van der Waals surface area contributed by atoms with Crippen molar-refractivity contribution in [1.82, 2.24) is 9.88 Å². The molecule has 1 aromatic heterocycles. The fourth-order valence-corrected chi connectivity index (χ4v) is 2.93. The van der Waals surface area contributed by atoms with Gasteiger partial charge in [-0.2, -0.15) is 13.2 Å². The van der Waals surface area contributed by atoms with Crippen molar-refractivity contribution < 1.29 is 38.1 Å². The van der Waals surface area contributed by atoms with E-state index in [2.05, 4.69) is 9.88 Å². The second-order valence-corrected chi connectivity index (χ2v) is 6.73. The molecule has 3 rings (SSSR count). The number of carboxylic acid groups (broad SMARTS) is 2. The summed E-state index contributed by atoms with van der Waals surface area (Å²) in [6, 6.07) is 12.0. The first-order chi connectivity index (χ1) is 14.6. The van der Waals surface area contributed by atoms with Gasteiger partial charge in [-0.3, -0.25) is 4.90 Å². The summed E-state index contributed by atoms with van der Waals surface area (Å²) in [5, 5.41) is 25.1. The number of hydrogen-bond acceptors (Lipinski definition) is 6. The number of β-amino-alcohol motifs (C(OH)–C–C–N with tert-alkyl or cyclic N) is 1. The Morgan fingerprint density at radius 2 is 1.55 bits per heavy atom. The van der Waals surface area contributed by atoms with Crippen molar-refractivity contribution >= 4 is 17.8 Å². The number of halogens is 3. The average molecular weight is 441 g/mol. The highest BCUT2D eigenvalue weighted by Crippen LogP contribution is 2.29. The lowest BCUT2D eigenvalue weighted by atomic mass is 10.1. The van der Waals surface area contributed by atoms with Gasteiger partial charge in [-0.25, -0.2) is 14.6 Å². The smallest absolute Gasteiger partial charge is 0.417 e. The number of carboxylic acids is 2. The van der Waals surface area contributed by atoms with Gasteiger partial charge in [0.1, 0.15) is 5.82 Å². The van der Waals surface area contributed by atoms with Crippen LogP contribution in [0.3, 0.4) is 0 Å². The van der Waals surface area contributed by atoms with E-state index in [-0.39, 0.29) is 0 Å². The van der Waals surface area contributed by atoms with E-state index in [0.717, 1.165) is 30.9 Å². The van der Waals surface area contributed by atoms with E-state index in [4.69, 9.17) is 19.8 Å². The van der Waals surface area contributed by atoms with Crippen molar-refractivity contribution in [3.63, 3.8) is 0 Å². The summed E-state index contributed by atoms with van der Waals surface area (Å²) < 4.78 is 37.8. The molecule has 11 heteroatoms. The largest absolute Gasteiger partial charge is 0.473 e. The van der Waals surface area contributed by atoms with E-state index in [0.29, 0.717) is 25.5 Å². The summed E-state index contributed by atoms with van der Waals surface area (Å²) in [5.74, 6) is -3.10. The molecule has 31 heavy (non-hydrogen) atoms. The van der Waals surface area contributed by atoms with Crippen molar-refractivity contribution in [1.29, 1.82) is 0 Å². The number of benzene rings is 1. The number of piperazine rings is 1. The van der Waals surface area contributed by atoms with Gasteiger partial charge in [0.2, 0.25) is 0 Å². The van der Waals surface area contributed by atoms with E-state index in [9.17, 15) is 18.3 Å². The highest BCUT2D eigenvalue weighted by atomic mass is 19.4. The van der Waals surface area contributed by atoms with Crippen LogP contribution in [0.2, 0.25) is 0 Å². The average Bonchev–Trinajstić information content (AvgIpc) is 2.75. The van der Waals surface area contributed by atoms with Crippen molar-refractivity contribution in [2.45, 2.75) is 12.3 Å². The minimum atomic E-state index is -4.36. The molecule has 0 spiro atoms. The van der Waals surface area contributed by atoms with Gasteiger partial charge < -0.3 is 20.2 Å². The molecule has 1 aliphatic rings.